The van der Waals surface area contributed by atoms with Gasteiger partial charge in [-0.05, 0) is 80.5 Å². The van der Waals surface area contributed by atoms with Crippen molar-refractivity contribution in [2.24, 2.45) is 0 Å². The summed E-state index contributed by atoms with van der Waals surface area (Å²) in [6, 6.07) is 18.8. The van der Waals surface area contributed by atoms with Gasteiger partial charge in [-0.2, -0.15) is 0 Å². The molecule has 2 heteroatoms. The lowest BCUT2D eigenvalue weighted by Crippen LogP contribution is -2.12. The van der Waals surface area contributed by atoms with E-state index in [-0.39, 0.29) is 5.97 Å². The normalized spacial score (nSPS) is 11.8. The second-order valence-electron chi connectivity index (χ2n) is 8.16. The Labute approximate surface area is 180 Å². The van der Waals surface area contributed by atoms with E-state index in [9.17, 15) is 4.79 Å². The first-order valence-corrected chi connectivity index (χ1v) is 10.3. The predicted octanol–water partition coefficient (Wildman–Crippen LogP) is 6.67. The van der Waals surface area contributed by atoms with Crippen LogP contribution in [0, 0.1) is 41.5 Å². The molecule has 0 N–H and O–H groups in total. The van der Waals surface area contributed by atoms with Gasteiger partial charge in [0.05, 0.1) is 12.7 Å². The molecule has 0 aliphatic rings. The van der Waals surface area contributed by atoms with Crippen molar-refractivity contribution in [3.8, 4) is 0 Å². The molecule has 154 valence electrons. The quantitative estimate of drug-likeness (QED) is 0.279. The Hall–Kier alpha value is -3.13. The van der Waals surface area contributed by atoms with Gasteiger partial charge in [0.2, 0.25) is 0 Å². The zero-order chi connectivity index (χ0) is 22.0. The van der Waals surface area contributed by atoms with E-state index in [0.29, 0.717) is 5.57 Å². The molecule has 3 rings (SSSR count). The summed E-state index contributed by atoms with van der Waals surface area (Å²) in [5, 5.41) is 0. The van der Waals surface area contributed by atoms with E-state index in [1.807, 2.05) is 18.2 Å². The van der Waals surface area contributed by atoms with Crippen LogP contribution in [0.5, 0.6) is 0 Å². The molecule has 0 aliphatic heterocycles. The third-order valence-corrected chi connectivity index (χ3v) is 5.56. The highest BCUT2D eigenvalue weighted by Gasteiger charge is 2.26. The molecule has 0 unspecified atom stereocenters. The number of benzene rings is 3. The first-order valence-electron chi connectivity index (χ1n) is 10.3. The first-order chi connectivity index (χ1) is 14.2. The summed E-state index contributed by atoms with van der Waals surface area (Å²) in [5.74, 6) is -0.316. The Kier molecular flexibility index (Phi) is 6.26. The molecule has 3 aromatic rings. The van der Waals surface area contributed by atoms with E-state index in [1.165, 1.54) is 18.2 Å². The van der Waals surface area contributed by atoms with Gasteiger partial charge >= 0.3 is 5.97 Å². The average Bonchev–Trinajstić information content (AvgIpc) is 2.68. The van der Waals surface area contributed by atoms with Crippen LogP contribution in [0.2, 0.25) is 0 Å². The van der Waals surface area contributed by atoms with Gasteiger partial charge in [-0.25, -0.2) is 4.79 Å². The number of carbonyl (C=O) groups is 1. The molecule has 0 saturated heterocycles. The number of aryl methyl sites for hydroxylation is 6. The maximum Gasteiger partial charge on any atom is 0.339 e. The van der Waals surface area contributed by atoms with Crippen molar-refractivity contribution in [1.82, 2.24) is 0 Å². The molecule has 30 heavy (non-hydrogen) atoms. The van der Waals surface area contributed by atoms with Gasteiger partial charge in [0.15, 0.2) is 0 Å². The minimum atomic E-state index is -0.316. The summed E-state index contributed by atoms with van der Waals surface area (Å²) in [7, 11) is 1.46. The number of hydrogen-bond donors (Lipinski definition) is 0. The number of methoxy groups -OCH3 is 1. The molecule has 0 aromatic heterocycles. The fourth-order valence-electron chi connectivity index (χ4n) is 4.60. The van der Waals surface area contributed by atoms with Crippen LogP contribution < -0.4 is 0 Å². The third-order valence-electron chi connectivity index (χ3n) is 5.56. The monoisotopic (exact) mass is 398 g/mol. The molecular formula is C28H30O2. The van der Waals surface area contributed by atoms with E-state index in [4.69, 9.17) is 4.74 Å². The topological polar surface area (TPSA) is 26.3 Å². The summed E-state index contributed by atoms with van der Waals surface area (Å²) in [5.41, 5.74) is 11.4. The predicted molar refractivity (Wildman–Crippen MR) is 126 cm³/mol. The number of carbonyl (C=O) groups excluding carboxylic acids is 1. The van der Waals surface area contributed by atoms with Gasteiger partial charge in [-0.1, -0.05) is 65.7 Å². The lowest BCUT2D eigenvalue weighted by atomic mass is 9.82. The highest BCUT2D eigenvalue weighted by molar-refractivity contribution is 6.27. The van der Waals surface area contributed by atoms with Crippen molar-refractivity contribution in [1.29, 1.82) is 0 Å². The molecule has 0 bridgehead atoms. The highest BCUT2D eigenvalue weighted by atomic mass is 16.5. The standard InChI is InChI=1S/C28H30O2/c1-17-13-19(3)24(20(4)14-17)26(23-11-9-8-10-12-23)27(28(29)30-7)25-21(5)15-18(2)16-22(25)6/h8-16H,1-7H3/b27-26+. The Bertz CT molecular complexity index is 1090. The molecule has 0 aliphatic carbocycles. The van der Waals surface area contributed by atoms with Gasteiger partial charge in [0, 0.05) is 5.57 Å². The molecule has 0 heterocycles. The van der Waals surface area contributed by atoms with E-state index in [1.54, 1.807) is 0 Å². The fraction of sp³-hybridized carbons (Fsp3) is 0.250. The van der Waals surface area contributed by atoms with Crippen molar-refractivity contribution in [2.75, 3.05) is 7.11 Å². The van der Waals surface area contributed by atoms with Crippen LogP contribution >= 0.6 is 0 Å². The van der Waals surface area contributed by atoms with Crippen LogP contribution in [0.25, 0.3) is 11.1 Å². The molecule has 3 aromatic carbocycles. The molecular weight excluding hydrogens is 368 g/mol. The van der Waals surface area contributed by atoms with E-state index in [2.05, 4.69) is 77.9 Å². The van der Waals surface area contributed by atoms with E-state index < -0.39 is 0 Å². The third kappa shape index (κ3) is 4.09. The molecule has 0 radical (unpaired) electrons. The second-order valence-corrected chi connectivity index (χ2v) is 8.16. The van der Waals surface area contributed by atoms with Crippen LogP contribution in [0.3, 0.4) is 0 Å². The lowest BCUT2D eigenvalue weighted by molar-refractivity contribution is -0.133. The van der Waals surface area contributed by atoms with Crippen molar-refractivity contribution in [3.05, 3.63) is 105 Å². The Balaban J connectivity index is 2.55. The van der Waals surface area contributed by atoms with Crippen LogP contribution in [-0.2, 0) is 9.53 Å². The number of ether oxygens (including phenoxy) is 1. The van der Waals surface area contributed by atoms with Crippen LogP contribution in [0.1, 0.15) is 50.1 Å². The Morgan fingerprint density at radius 1 is 0.667 bits per heavy atom. The Morgan fingerprint density at radius 2 is 1.10 bits per heavy atom. The van der Waals surface area contributed by atoms with Gasteiger partial charge in [-0.15, -0.1) is 0 Å². The smallest absolute Gasteiger partial charge is 0.339 e. The zero-order valence-corrected chi connectivity index (χ0v) is 19.0. The minimum absolute atomic E-state index is 0.316. The SMILES string of the molecule is COC(=O)/C(=C(\c1ccccc1)c1c(C)cc(C)cc1C)c1c(C)cc(C)cc1C. The molecule has 0 atom stereocenters. The summed E-state index contributed by atoms with van der Waals surface area (Å²) < 4.78 is 5.34. The van der Waals surface area contributed by atoms with Gasteiger partial charge in [0.25, 0.3) is 0 Å². The average molecular weight is 399 g/mol. The van der Waals surface area contributed by atoms with Crippen molar-refractivity contribution >= 4 is 17.1 Å². The second kappa shape index (κ2) is 8.71. The lowest BCUT2D eigenvalue weighted by Gasteiger charge is -2.22. The molecule has 0 saturated carbocycles. The number of hydrogen-bond acceptors (Lipinski definition) is 2. The van der Waals surface area contributed by atoms with Crippen LogP contribution in [0.15, 0.2) is 54.6 Å². The fourth-order valence-corrected chi connectivity index (χ4v) is 4.60. The summed E-state index contributed by atoms with van der Waals surface area (Å²) in [6.07, 6.45) is 0. The summed E-state index contributed by atoms with van der Waals surface area (Å²) in [4.78, 5) is 13.3. The zero-order valence-electron chi connectivity index (χ0n) is 19.0. The van der Waals surface area contributed by atoms with Gasteiger partial charge < -0.3 is 4.74 Å². The molecule has 0 fully saturated rings. The maximum atomic E-state index is 13.3. The minimum Gasteiger partial charge on any atom is -0.465 e. The van der Waals surface area contributed by atoms with Gasteiger partial charge in [-0.3, -0.25) is 0 Å². The maximum absolute atomic E-state index is 13.3. The number of rotatable bonds is 4. The summed E-state index contributed by atoms with van der Waals surface area (Å²) in [6.45, 7) is 12.5. The van der Waals surface area contributed by atoms with Crippen LogP contribution in [-0.4, -0.2) is 13.1 Å². The van der Waals surface area contributed by atoms with E-state index >= 15 is 0 Å². The van der Waals surface area contributed by atoms with E-state index in [0.717, 1.165) is 44.5 Å². The van der Waals surface area contributed by atoms with Crippen molar-refractivity contribution < 1.29 is 9.53 Å². The van der Waals surface area contributed by atoms with Crippen molar-refractivity contribution in [2.45, 2.75) is 41.5 Å². The summed E-state index contributed by atoms with van der Waals surface area (Å²) >= 11 is 0. The Morgan fingerprint density at radius 3 is 1.53 bits per heavy atom. The molecule has 2 nitrogen and oxygen atoms in total. The largest absolute Gasteiger partial charge is 0.465 e. The van der Waals surface area contributed by atoms with Gasteiger partial charge in [0.1, 0.15) is 0 Å². The van der Waals surface area contributed by atoms with Crippen LogP contribution in [0.4, 0.5) is 0 Å². The molecule has 0 amide bonds. The molecule has 0 spiro atoms. The number of esters is 1. The van der Waals surface area contributed by atoms with Crippen molar-refractivity contribution in [3.63, 3.8) is 0 Å². The first kappa shape index (κ1) is 21.6. The highest BCUT2D eigenvalue weighted by Crippen LogP contribution is 2.39.